The number of nitrogen functional groups attached to an aromatic ring is 1. The maximum Gasteiger partial charge on any atom is 0.407 e. The molecule has 1 amide bonds. The topological polar surface area (TPSA) is 238 Å². The number of carbonyl (C=O) groups is 1. The third-order valence-corrected chi connectivity index (χ3v) is 6.60. The Balaban J connectivity index is 1.07. The Labute approximate surface area is 235 Å². The van der Waals surface area contributed by atoms with Gasteiger partial charge in [-0.3, -0.25) is 4.68 Å². The smallest absolute Gasteiger partial charge is 0.407 e. The number of nitrogens with zero attached hydrogens (tertiary/aromatic N) is 7. The highest BCUT2D eigenvalue weighted by atomic mass is 16.7. The van der Waals surface area contributed by atoms with Gasteiger partial charge in [-0.05, 0) is 19.8 Å². The molecule has 0 bridgehead atoms. The molecule has 17 heteroatoms. The van der Waals surface area contributed by atoms with Gasteiger partial charge in [-0.2, -0.15) is 0 Å². The molecule has 0 aliphatic carbocycles. The SMILES string of the molecule is C[C@H](Cn1cnc2c(N)ncnc21)OC(=O)NCc1cn(CCCCCCO[C@@H]2O[C@H](CO)[C@@H](O)[C@H](O)[C@@H]2O)nn1. The van der Waals surface area contributed by atoms with Gasteiger partial charge >= 0.3 is 6.09 Å². The van der Waals surface area contributed by atoms with E-state index in [0.717, 1.165) is 19.3 Å². The first-order valence-electron chi connectivity index (χ1n) is 13.4. The van der Waals surface area contributed by atoms with Crippen molar-refractivity contribution < 1.29 is 39.4 Å². The number of aromatic nitrogens is 7. The van der Waals surface area contributed by atoms with E-state index in [2.05, 4.69) is 30.6 Å². The second-order valence-electron chi connectivity index (χ2n) is 9.85. The third kappa shape index (κ3) is 8.05. The van der Waals surface area contributed by atoms with Gasteiger partial charge in [0.15, 0.2) is 17.8 Å². The molecule has 1 saturated heterocycles. The van der Waals surface area contributed by atoms with E-state index in [0.29, 0.717) is 43.0 Å². The summed E-state index contributed by atoms with van der Waals surface area (Å²) >= 11 is 0. The van der Waals surface area contributed by atoms with Crippen LogP contribution in [0.3, 0.4) is 0 Å². The second-order valence-corrected chi connectivity index (χ2v) is 9.85. The van der Waals surface area contributed by atoms with Crippen molar-refractivity contribution >= 4 is 23.1 Å². The molecule has 226 valence electrons. The Morgan fingerprint density at radius 1 is 1.15 bits per heavy atom. The number of nitrogens with one attached hydrogen (secondary N) is 1. The Morgan fingerprint density at radius 3 is 2.76 bits per heavy atom. The molecule has 3 aromatic rings. The molecule has 17 nitrogen and oxygen atoms in total. The quantitative estimate of drug-likeness (QED) is 0.122. The Kier molecular flexibility index (Phi) is 10.7. The number of aliphatic hydroxyl groups excluding tert-OH is 4. The molecule has 1 aliphatic rings. The fraction of sp³-hybridized carbons (Fsp3) is 0.667. The molecule has 41 heavy (non-hydrogen) atoms. The van der Waals surface area contributed by atoms with Gasteiger partial charge in [0.25, 0.3) is 0 Å². The molecule has 7 N–H and O–H groups in total. The highest BCUT2D eigenvalue weighted by Crippen LogP contribution is 2.22. The van der Waals surface area contributed by atoms with Crippen LogP contribution in [0.15, 0.2) is 18.9 Å². The summed E-state index contributed by atoms with van der Waals surface area (Å²) in [4.78, 5) is 24.5. The van der Waals surface area contributed by atoms with E-state index < -0.39 is 49.5 Å². The van der Waals surface area contributed by atoms with Crippen LogP contribution < -0.4 is 11.1 Å². The van der Waals surface area contributed by atoms with Gasteiger partial charge in [-0.25, -0.2) is 19.7 Å². The van der Waals surface area contributed by atoms with Crippen LogP contribution in [0.2, 0.25) is 0 Å². The second kappa shape index (κ2) is 14.4. The summed E-state index contributed by atoms with van der Waals surface area (Å²) < 4.78 is 19.7. The number of rotatable bonds is 14. The number of aryl methyl sites for hydroxylation is 1. The van der Waals surface area contributed by atoms with Crippen LogP contribution in [-0.4, -0.2) is 111 Å². The van der Waals surface area contributed by atoms with Crippen LogP contribution >= 0.6 is 0 Å². The molecule has 4 heterocycles. The Hall–Kier alpha value is -3.48. The van der Waals surface area contributed by atoms with Crippen molar-refractivity contribution in [1.29, 1.82) is 0 Å². The third-order valence-electron chi connectivity index (χ3n) is 6.60. The average molecular weight is 580 g/mol. The molecule has 6 atom stereocenters. The first-order chi connectivity index (χ1) is 19.8. The number of carbonyl (C=O) groups excluding carboxylic acids is 1. The zero-order valence-corrected chi connectivity index (χ0v) is 22.7. The van der Waals surface area contributed by atoms with Crippen molar-refractivity contribution in [1.82, 2.24) is 39.8 Å². The number of alkyl carbamates (subject to hydrolysis) is 1. The highest BCUT2D eigenvalue weighted by molar-refractivity contribution is 5.81. The number of aliphatic hydroxyl groups is 4. The highest BCUT2D eigenvalue weighted by Gasteiger charge is 2.43. The first-order valence-corrected chi connectivity index (χ1v) is 13.4. The molecule has 1 fully saturated rings. The maximum absolute atomic E-state index is 12.2. The van der Waals surface area contributed by atoms with Crippen molar-refractivity contribution in [3.05, 3.63) is 24.5 Å². The normalized spacial score (nSPS) is 23.5. The lowest BCUT2D eigenvalue weighted by Crippen LogP contribution is -2.59. The standard InChI is InChI=1S/C24H37N9O8/c1-14(9-32-13-29-17-21(25)27-12-28-22(17)32)40-24(38)26-8-15-10-33(31-30-15)6-4-2-3-5-7-39-23-20(37)19(36)18(35)16(11-34)41-23/h10,12-14,16,18-20,23,34-37H,2-9,11H2,1H3,(H,26,38)(H2,25,27,28)/t14-,16-,18-,19+,20+,23-/m1/s1. The zero-order valence-electron chi connectivity index (χ0n) is 22.7. The van der Waals surface area contributed by atoms with Crippen molar-refractivity contribution in [2.45, 2.75) is 89.1 Å². The number of imidazole rings is 1. The number of ether oxygens (including phenoxy) is 3. The zero-order chi connectivity index (χ0) is 29.4. The van der Waals surface area contributed by atoms with E-state index in [-0.39, 0.29) is 12.4 Å². The van der Waals surface area contributed by atoms with Crippen LogP contribution in [0, 0.1) is 0 Å². The fourth-order valence-corrected chi connectivity index (χ4v) is 4.40. The van der Waals surface area contributed by atoms with Crippen LogP contribution in [0.1, 0.15) is 38.3 Å². The number of fused-ring (bicyclic) bond motifs is 1. The van der Waals surface area contributed by atoms with E-state index in [4.69, 9.17) is 19.9 Å². The van der Waals surface area contributed by atoms with Crippen LogP contribution in [0.5, 0.6) is 0 Å². The monoisotopic (exact) mass is 579 g/mol. The number of amides is 1. The molecular formula is C24H37N9O8. The van der Waals surface area contributed by atoms with Gasteiger partial charge in [0.1, 0.15) is 48.1 Å². The van der Waals surface area contributed by atoms with Crippen molar-refractivity contribution in [3.63, 3.8) is 0 Å². The number of hydrogen-bond donors (Lipinski definition) is 6. The predicted molar refractivity (Wildman–Crippen MR) is 141 cm³/mol. The van der Waals surface area contributed by atoms with Crippen LogP contribution in [-0.2, 0) is 33.8 Å². The number of nitrogens with two attached hydrogens (primary N) is 1. The molecule has 0 spiro atoms. The average Bonchev–Trinajstić information content (AvgIpc) is 3.59. The minimum absolute atomic E-state index is 0.165. The van der Waals surface area contributed by atoms with Gasteiger partial charge in [0.2, 0.25) is 0 Å². The molecule has 4 rings (SSSR count). The summed E-state index contributed by atoms with van der Waals surface area (Å²) in [6.45, 7) is 2.71. The molecule has 0 aromatic carbocycles. The van der Waals surface area contributed by atoms with E-state index >= 15 is 0 Å². The lowest BCUT2D eigenvalue weighted by Gasteiger charge is -2.39. The van der Waals surface area contributed by atoms with Crippen molar-refractivity contribution in [2.24, 2.45) is 0 Å². The van der Waals surface area contributed by atoms with E-state index in [1.54, 1.807) is 28.7 Å². The summed E-state index contributed by atoms with van der Waals surface area (Å²) in [6, 6.07) is 0. The summed E-state index contributed by atoms with van der Waals surface area (Å²) in [5.41, 5.74) is 7.45. The van der Waals surface area contributed by atoms with E-state index in [1.807, 2.05) is 0 Å². The summed E-state index contributed by atoms with van der Waals surface area (Å²) in [5, 5.41) is 49.6. The summed E-state index contributed by atoms with van der Waals surface area (Å²) in [6.07, 6.45) is 0.570. The minimum atomic E-state index is -1.45. The van der Waals surface area contributed by atoms with E-state index in [9.17, 15) is 25.2 Å². The Bertz CT molecular complexity index is 1250. The molecule has 0 radical (unpaired) electrons. The van der Waals surface area contributed by atoms with Crippen molar-refractivity contribution in [3.8, 4) is 0 Å². The van der Waals surface area contributed by atoms with Gasteiger partial charge < -0.3 is 50.3 Å². The summed E-state index contributed by atoms with van der Waals surface area (Å²) in [7, 11) is 0. The number of unbranched alkanes of at least 4 members (excludes halogenated alkanes) is 3. The molecule has 0 saturated carbocycles. The predicted octanol–water partition coefficient (Wildman–Crippen LogP) is -1.31. The minimum Gasteiger partial charge on any atom is -0.445 e. The van der Waals surface area contributed by atoms with E-state index in [1.165, 1.54) is 6.33 Å². The molecule has 0 unspecified atom stereocenters. The summed E-state index contributed by atoms with van der Waals surface area (Å²) in [5.74, 6) is 0.285. The van der Waals surface area contributed by atoms with Crippen LogP contribution in [0.4, 0.5) is 10.6 Å². The molecule has 3 aromatic heterocycles. The van der Waals surface area contributed by atoms with Gasteiger partial charge in [0.05, 0.1) is 32.2 Å². The van der Waals surface area contributed by atoms with Gasteiger partial charge in [-0.15, -0.1) is 5.10 Å². The van der Waals surface area contributed by atoms with Gasteiger partial charge in [-0.1, -0.05) is 18.1 Å². The Morgan fingerprint density at radius 2 is 1.95 bits per heavy atom. The maximum atomic E-state index is 12.2. The lowest BCUT2D eigenvalue weighted by molar-refractivity contribution is -0.301. The lowest BCUT2D eigenvalue weighted by atomic mass is 9.99. The van der Waals surface area contributed by atoms with Crippen LogP contribution in [0.25, 0.3) is 11.2 Å². The van der Waals surface area contributed by atoms with Gasteiger partial charge in [0, 0.05) is 13.2 Å². The molecule has 1 aliphatic heterocycles. The largest absolute Gasteiger partial charge is 0.445 e. The molecular weight excluding hydrogens is 542 g/mol. The number of hydrogen-bond acceptors (Lipinski definition) is 14. The fourth-order valence-electron chi connectivity index (χ4n) is 4.40. The first kappa shape index (κ1) is 30.5. The van der Waals surface area contributed by atoms with Crippen molar-refractivity contribution in [2.75, 3.05) is 18.9 Å². The number of anilines is 1.